The summed E-state index contributed by atoms with van der Waals surface area (Å²) in [5.74, 6) is 0.820. The molecule has 6 heteroatoms. The number of nitrogens with zero attached hydrogens (tertiary/aromatic N) is 1. The van der Waals surface area contributed by atoms with Crippen LogP contribution in [-0.4, -0.2) is 18.7 Å². The number of ether oxygens (including phenoxy) is 1. The maximum absolute atomic E-state index is 11.9. The SMILES string of the molecule is Cc1cc(Br)cc(Br)c1OCC(=O)N/N=C/c1ccc(C(C)C)cc1. The molecule has 0 aliphatic carbocycles. The Morgan fingerprint density at radius 1 is 1.24 bits per heavy atom. The van der Waals surface area contributed by atoms with Crippen molar-refractivity contribution in [1.29, 1.82) is 0 Å². The molecule has 25 heavy (non-hydrogen) atoms. The van der Waals surface area contributed by atoms with Gasteiger partial charge in [0.05, 0.1) is 10.7 Å². The van der Waals surface area contributed by atoms with E-state index in [1.165, 1.54) is 5.56 Å². The second kappa shape index (κ2) is 9.15. The molecule has 0 radical (unpaired) electrons. The standard InChI is InChI=1S/C19H20Br2N2O2/c1-12(2)15-6-4-14(5-7-15)10-22-23-18(24)11-25-19-13(3)8-16(20)9-17(19)21/h4-10,12H,11H2,1-3H3,(H,23,24)/b22-10+. The molecule has 0 saturated heterocycles. The van der Waals surface area contributed by atoms with Crippen molar-refractivity contribution in [2.45, 2.75) is 26.7 Å². The van der Waals surface area contributed by atoms with E-state index < -0.39 is 0 Å². The lowest BCUT2D eigenvalue weighted by molar-refractivity contribution is -0.123. The minimum absolute atomic E-state index is 0.106. The summed E-state index contributed by atoms with van der Waals surface area (Å²) in [7, 11) is 0. The highest BCUT2D eigenvalue weighted by Crippen LogP contribution is 2.32. The molecule has 0 heterocycles. The van der Waals surface area contributed by atoms with Crippen LogP contribution in [0.4, 0.5) is 0 Å². The first-order valence-corrected chi connectivity index (χ1v) is 9.45. The Morgan fingerprint density at radius 2 is 1.92 bits per heavy atom. The van der Waals surface area contributed by atoms with Crippen LogP contribution in [-0.2, 0) is 4.79 Å². The van der Waals surface area contributed by atoms with E-state index in [1.807, 2.05) is 31.2 Å². The summed E-state index contributed by atoms with van der Waals surface area (Å²) >= 11 is 6.84. The van der Waals surface area contributed by atoms with Crippen molar-refractivity contribution in [3.05, 3.63) is 62.0 Å². The van der Waals surface area contributed by atoms with Crippen molar-refractivity contribution >= 4 is 44.0 Å². The maximum Gasteiger partial charge on any atom is 0.277 e. The molecule has 0 aliphatic heterocycles. The van der Waals surface area contributed by atoms with Gasteiger partial charge in [0.1, 0.15) is 5.75 Å². The molecule has 1 amide bonds. The van der Waals surface area contributed by atoms with E-state index >= 15 is 0 Å². The van der Waals surface area contributed by atoms with Gasteiger partial charge in [0.15, 0.2) is 6.61 Å². The Balaban J connectivity index is 1.86. The normalized spacial score (nSPS) is 11.1. The minimum atomic E-state index is -0.315. The summed E-state index contributed by atoms with van der Waals surface area (Å²) in [6.45, 7) is 6.11. The molecular formula is C19H20Br2N2O2. The lowest BCUT2D eigenvalue weighted by atomic mass is 10.0. The van der Waals surface area contributed by atoms with Gasteiger partial charge in [-0.1, -0.05) is 54.0 Å². The topological polar surface area (TPSA) is 50.7 Å². The van der Waals surface area contributed by atoms with Crippen LogP contribution in [0, 0.1) is 6.92 Å². The number of aryl methyl sites for hydroxylation is 1. The molecule has 0 unspecified atom stereocenters. The first-order valence-electron chi connectivity index (χ1n) is 7.87. The molecule has 0 atom stereocenters. The van der Waals surface area contributed by atoms with Crippen molar-refractivity contribution < 1.29 is 9.53 Å². The van der Waals surface area contributed by atoms with Gasteiger partial charge in [-0.15, -0.1) is 0 Å². The van der Waals surface area contributed by atoms with Crippen LogP contribution >= 0.6 is 31.9 Å². The molecule has 132 valence electrons. The van der Waals surface area contributed by atoms with Gasteiger partial charge in [-0.3, -0.25) is 4.79 Å². The second-order valence-corrected chi connectivity index (χ2v) is 7.71. The predicted molar refractivity (Wildman–Crippen MR) is 108 cm³/mol. The van der Waals surface area contributed by atoms with Crippen LogP contribution in [0.1, 0.15) is 36.5 Å². The zero-order chi connectivity index (χ0) is 18.4. The first-order chi connectivity index (χ1) is 11.9. The van der Waals surface area contributed by atoms with Crippen LogP contribution in [0.15, 0.2) is 50.4 Å². The van der Waals surface area contributed by atoms with E-state index in [0.29, 0.717) is 11.7 Å². The number of hydrazone groups is 1. The Hall–Kier alpha value is -1.66. The molecule has 4 nitrogen and oxygen atoms in total. The summed E-state index contributed by atoms with van der Waals surface area (Å²) in [6.07, 6.45) is 1.61. The first kappa shape index (κ1) is 19.7. The van der Waals surface area contributed by atoms with Gasteiger partial charge in [0.2, 0.25) is 0 Å². The molecule has 1 N–H and O–H groups in total. The number of amides is 1. The van der Waals surface area contributed by atoms with E-state index in [-0.39, 0.29) is 12.5 Å². The number of hydrogen-bond donors (Lipinski definition) is 1. The maximum atomic E-state index is 11.9. The number of carbonyl (C=O) groups is 1. The molecule has 0 fully saturated rings. The Kier molecular flexibility index (Phi) is 7.20. The lowest BCUT2D eigenvalue weighted by Crippen LogP contribution is -2.24. The highest BCUT2D eigenvalue weighted by Gasteiger charge is 2.09. The van der Waals surface area contributed by atoms with Crippen molar-refractivity contribution in [2.24, 2.45) is 5.10 Å². The Bertz CT molecular complexity index is 748. The van der Waals surface area contributed by atoms with Gasteiger partial charge < -0.3 is 4.74 Å². The zero-order valence-corrected chi connectivity index (χ0v) is 17.5. The summed E-state index contributed by atoms with van der Waals surface area (Å²) in [5.41, 5.74) is 5.60. The molecule has 0 aromatic heterocycles. The number of halogens is 2. The fourth-order valence-electron chi connectivity index (χ4n) is 2.19. The summed E-state index contributed by atoms with van der Waals surface area (Å²) in [4.78, 5) is 11.9. The van der Waals surface area contributed by atoms with Crippen LogP contribution in [0.2, 0.25) is 0 Å². The summed E-state index contributed by atoms with van der Waals surface area (Å²) < 4.78 is 7.31. The number of hydrogen-bond acceptors (Lipinski definition) is 3. The largest absolute Gasteiger partial charge is 0.482 e. The van der Waals surface area contributed by atoms with Crippen molar-refractivity contribution in [2.75, 3.05) is 6.61 Å². The average molecular weight is 468 g/mol. The fourth-order valence-corrected chi connectivity index (χ4v) is 3.74. The summed E-state index contributed by atoms with van der Waals surface area (Å²) in [5, 5.41) is 3.96. The molecule has 0 spiro atoms. The highest BCUT2D eigenvalue weighted by atomic mass is 79.9. The highest BCUT2D eigenvalue weighted by molar-refractivity contribution is 9.11. The van der Waals surface area contributed by atoms with E-state index in [2.05, 4.69) is 68.4 Å². The lowest BCUT2D eigenvalue weighted by Gasteiger charge is -2.10. The van der Waals surface area contributed by atoms with E-state index in [1.54, 1.807) is 6.21 Å². The van der Waals surface area contributed by atoms with Crippen molar-refractivity contribution in [1.82, 2.24) is 5.43 Å². The van der Waals surface area contributed by atoms with Crippen molar-refractivity contribution in [3.63, 3.8) is 0 Å². The number of benzene rings is 2. The van der Waals surface area contributed by atoms with Gasteiger partial charge in [0, 0.05) is 4.47 Å². The van der Waals surface area contributed by atoms with E-state index in [4.69, 9.17) is 4.74 Å². The average Bonchev–Trinajstić information content (AvgIpc) is 2.54. The molecule has 0 aliphatic rings. The number of rotatable bonds is 6. The number of nitrogens with one attached hydrogen (secondary N) is 1. The molecule has 2 aromatic rings. The van der Waals surface area contributed by atoms with Gasteiger partial charge >= 0.3 is 0 Å². The molecule has 2 aromatic carbocycles. The quantitative estimate of drug-likeness (QED) is 0.470. The predicted octanol–water partition coefficient (Wildman–Crippen LogP) is 5.17. The molecule has 0 bridgehead atoms. The van der Waals surface area contributed by atoms with Gasteiger partial charge in [-0.2, -0.15) is 5.10 Å². The van der Waals surface area contributed by atoms with Gasteiger partial charge in [-0.05, 0) is 57.6 Å². The Labute approximate surface area is 164 Å². The summed E-state index contributed by atoms with van der Waals surface area (Å²) in [6, 6.07) is 11.9. The van der Waals surface area contributed by atoms with Gasteiger partial charge in [0.25, 0.3) is 5.91 Å². The molecule has 2 rings (SSSR count). The fraction of sp³-hybridized carbons (Fsp3) is 0.263. The third-order valence-corrected chi connectivity index (χ3v) is 4.59. The number of carbonyl (C=O) groups excluding carboxylic acids is 1. The minimum Gasteiger partial charge on any atom is -0.482 e. The molecule has 0 saturated carbocycles. The van der Waals surface area contributed by atoms with Crippen molar-refractivity contribution in [3.8, 4) is 5.75 Å². The van der Waals surface area contributed by atoms with Crippen LogP contribution < -0.4 is 10.2 Å². The monoisotopic (exact) mass is 466 g/mol. The Morgan fingerprint density at radius 3 is 2.52 bits per heavy atom. The third kappa shape index (κ3) is 5.97. The second-order valence-electron chi connectivity index (χ2n) is 5.94. The van der Waals surface area contributed by atoms with Crippen LogP contribution in [0.5, 0.6) is 5.75 Å². The van der Waals surface area contributed by atoms with Gasteiger partial charge in [-0.25, -0.2) is 5.43 Å². The van der Waals surface area contributed by atoms with Crippen LogP contribution in [0.25, 0.3) is 0 Å². The van der Waals surface area contributed by atoms with E-state index in [0.717, 1.165) is 20.1 Å². The third-order valence-electron chi connectivity index (χ3n) is 3.55. The molecular weight excluding hydrogens is 448 g/mol. The van der Waals surface area contributed by atoms with E-state index in [9.17, 15) is 4.79 Å². The van der Waals surface area contributed by atoms with Crippen LogP contribution in [0.3, 0.4) is 0 Å². The smallest absolute Gasteiger partial charge is 0.277 e. The zero-order valence-electron chi connectivity index (χ0n) is 14.3.